The Bertz CT molecular complexity index is 87.6. The fourth-order valence-electron chi connectivity index (χ4n) is 1.10. The van der Waals surface area contributed by atoms with E-state index in [2.05, 4.69) is 22.5 Å². The van der Waals surface area contributed by atoms with Gasteiger partial charge in [0.05, 0.1) is 0 Å². The van der Waals surface area contributed by atoms with E-state index >= 15 is 0 Å². The van der Waals surface area contributed by atoms with Gasteiger partial charge in [-0.05, 0) is 6.42 Å². The van der Waals surface area contributed by atoms with Gasteiger partial charge in [-0.25, -0.2) is 8.61 Å². The summed E-state index contributed by atoms with van der Waals surface area (Å²) in [6.07, 6.45) is 1.33. The van der Waals surface area contributed by atoms with Crippen molar-refractivity contribution in [3.63, 3.8) is 0 Å². The lowest BCUT2D eigenvalue weighted by Gasteiger charge is -2.32. The van der Waals surface area contributed by atoms with E-state index in [1.165, 1.54) is 32.6 Å². The first kappa shape index (κ1) is 8.37. The van der Waals surface area contributed by atoms with E-state index in [1.54, 1.807) is 0 Å². The summed E-state index contributed by atoms with van der Waals surface area (Å²) < 4.78 is 4.82. The van der Waals surface area contributed by atoms with Gasteiger partial charge in [-0.1, -0.05) is 13.8 Å². The van der Waals surface area contributed by atoms with Crippen molar-refractivity contribution >= 4 is 12.1 Å². The lowest BCUT2D eigenvalue weighted by atomic mass is 10.4. The molecule has 60 valence electrons. The zero-order chi connectivity index (χ0) is 7.40. The van der Waals surface area contributed by atoms with Crippen LogP contribution in [0.2, 0.25) is 0 Å². The van der Waals surface area contributed by atoms with Gasteiger partial charge in [-0.2, -0.15) is 0 Å². The summed E-state index contributed by atoms with van der Waals surface area (Å²) in [6, 6.07) is 0. The van der Waals surface area contributed by atoms with Crippen LogP contribution in [0.1, 0.15) is 20.3 Å². The van der Waals surface area contributed by atoms with Gasteiger partial charge in [-0.15, -0.1) is 0 Å². The first-order chi connectivity index (χ1) is 4.86. The maximum atomic E-state index is 2.41. The monoisotopic (exact) mass is 160 g/mol. The number of hydrogen-bond donors (Lipinski definition) is 0. The van der Waals surface area contributed by atoms with Crippen molar-refractivity contribution in [1.82, 2.24) is 8.61 Å². The smallest absolute Gasteiger partial charge is 0.0114 e. The largest absolute Gasteiger partial charge is 0.237 e. The molecular weight excluding hydrogens is 144 g/mol. The molecule has 10 heavy (non-hydrogen) atoms. The molecule has 1 fully saturated rings. The van der Waals surface area contributed by atoms with Gasteiger partial charge in [0.1, 0.15) is 0 Å². The lowest BCUT2D eigenvalue weighted by molar-refractivity contribution is 0.360. The van der Waals surface area contributed by atoms with Crippen molar-refractivity contribution in [1.29, 1.82) is 0 Å². The van der Waals surface area contributed by atoms with Gasteiger partial charge in [0.2, 0.25) is 0 Å². The molecule has 0 aromatic carbocycles. The Morgan fingerprint density at radius 3 is 2.00 bits per heavy atom. The maximum absolute atomic E-state index is 2.41. The Labute approximate surface area is 67.8 Å². The second kappa shape index (κ2) is 4.21. The normalized spacial score (nSPS) is 23.4. The molecule has 0 unspecified atom stereocenters. The number of rotatable bonds is 2. The van der Waals surface area contributed by atoms with Crippen LogP contribution in [0.3, 0.4) is 0 Å². The van der Waals surface area contributed by atoms with E-state index in [9.17, 15) is 0 Å². The molecule has 3 heteroatoms. The fourth-order valence-corrected chi connectivity index (χ4v) is 2.08. The zero-order valence-electron chi connectivity index (χ0n) is 6.84. The van der Waals surface area contributed by atoms with Crippen molar-refractivity contribution in [3.8, 4) is 0 Å². The minimum atomic E-state index is 1.17. The van der Waals surface area contributed by atoms with Crippen molar-refractivity contribution < 1.29 is 0 Å². The first-order valence-corrected chi connectivity index (χ1v) is 4.77. The predicted octanol–water partition coefficient (Wildman–Crippen LogP) is 1.60. The van der Waals surface area contributed by atoms with Crippen LogP contribution in [-0.2, 0) is 0 Å². The maximum Gasteiger partial charge on any atom is 0.0114 e. The van der Waals surface area contributed by atoms with Crippen LogP contribution in [-0.4, -0.2) is 34.8 Å². The minimum Gasteiger partial charge on any atom is -0.237 e. The molecule has 2 nitrogen and oxygen atoms in total. The van der Waals surface area contributed by atoms with Crippen LogP contribution in [0.15, 0.2) is 0 Å². The molecule has 1 heterocycles. The highest BCUT2D eigenvalue weighted by atomic mass is 32.2. The van der Waals surface area contributed by atoms with E-state index in [4.69, 9.17) is 0 Å². The Hall–Kier alpha value is 0.270. The SMILES string of the molecule is CCN1CCCN(CC)S1. The van der Waals surface area contributed by atoms with Crippen LogP contribution in [0.4, 0.5) is 0 Å². The summed E-state index contributed by atoms with van der Waals surface area (Å²) in [5.74, 6) is 0. The molecule has 1 rings (SSSR count). The topological polar surface area (TPSA) is 6.48 Å². The molecule has 0 radical (unpaired) electrons. The van der Waals surface area contributed by atoms with Crippen molar-refractivity contribution in [2.75, 3.05) is 26.2 Å². The quantitative estimate of drug-likeness (QED) is 0.566. The van der Waals surface area contributed by atoms with Crippen LogP contribution < -0.4 is 0 Å². The summed E-state index contributed by atoms with van der Waals surface area (Å²) in [5, 5.41) is 0. The van der Waals surface area contributed by atoms with Crippen molar-refractivity contribution in [2.24, 2.45) is 0 Å². The van der Waals surface area contributed by atoms with Gasteiger partial charge >= 0.3 is 0 Å². The zero-order valence-corrected chi connectivity index (χ0v) is 7.65. The van der Waals surface area contributed by atoms with E-state index in [-0.39, 0.29) is 0 Å². The van der Waals surface area contributed by atoms with Gasteiger partial charge in [0.25, 0.3) is 0 Å². The lowest BCUT2D eigenvalue weighted by Crippen LogP contribution is -2.33. The minimum absolute atomic E-state index is 1.17. The Morgan fingerprint density at radius 1 is 1.10 bits per heavy atom. The predicted molar refractivity (Wildman–Crippen MR) is 46.7 cm³/mol. The van der Waals surface area contributed by atoms with E-state index in [1.807, 2.05) is 12.1 Å². The highest BCUT2D eigenvalue weighted by Gasteiger charge is 2.14. The molecule has 0 bridgehead atoms. The molecule has 1 saturated heterocycles. The molecule has 1 aliphatic heterocycles. The molecule has 1 aliphatic rings. The van der Waals surface area contributed by atoms with Crippen LogP contribution in [0.25, 0.3) is 0 Å². The third kappa shape index (κ3) is 2.15. The highest BCUT2D eigenvalue weighted by molar-refractivity contribution is 7.94. The van der Waals surface area contributed by atoms with E-state index in [0.29, 0.717) is 0 Å². The van der Waals surface area contributed by atoms with Crippen molar-refractivity contribution in [2.45, 2.75) is 20.3 Å². The standard InChI is InChI=1S/C7H16N2S/c1-3-8-6-5-7-9(4-2)10-8/h3-7H2,1-2H3. The molecular formula is C7H16N2S. The third-order valence-corrected chi connectivity index (χ3v) is 3.09. The van der Waals surface area contributed by atoms with E-state index in [0.717, 1.165) is 0 Å². The molecule has 0 aromatic heterocycles. The summed E-state index contributed by atoms with van der Waals surface area (Å²) in [6.45, 7) is 9.29. The Kier molecular flexibility index (Phi) is 3.52. The third-order valence-electron chi connectivity index (χ3n) is 1.75. The molecule has 0 saturated carbocycles. The fraction of sp³-hybridized carbons (Fsp3) is 1.00. The molecule has 0 amide bonds. The summed E-state index contributed by atoms with van der Waals surface area (Å²) in [7, 11) is 0. The summed E-state index contributed by atoms with van der Waals surface area (Å²) in [4.78, 5) is 0. The molecule has 0 spiro atoms. The van der Waals surface area contributed by atoms with Gasteiger partial charge in [0, 0.05) is 38.3 Å². The molecule has 0 N–H and O–H groups in total. The van der Waals surface area contributed by atoms with Crippen LogP contribution in [0, 0.1) is 0 Å². The van der Waals surface area contributed by atoms with Crippen LogP contribution in [0.5, 0.6) is 0 Å². The summed E-state index contributed by atoms with van der Waals surface area (Å²) in [5.41, 5.74) is 0. The van der Waals surface area contributed by atoms with Gasteiger partial charge in [-0.3, -0.25) is 0 Å². The number of nitrogens with zero attached hydrogens (tertiary/aromatic N) is 2. The first-order valence-electron chi connectivity index (χ1n) is 4.04. The number of hydrogen-bond acceptors (Lipinski definition) is 3. The van der Waals surface area contributed by atoms with Crippen LogP contribution >= 0.6 is 12.1 Å². The average molecular weight is 160 g/mol. The van der Waals surface area contributed by atoms with Crippen molar-refractivity contribution in [3.05, 3.63) is 0 Å². The van der Waals surface area contributed by atoms with Gasteiger partial charge in [0.15, 0.2) is 0 Å². The van der Waals surface area contributed by atoms with E-state index < -0.39 is 0 Å². The van der Waals surface area contributed by atoms with Gasteiger partial charge < -0.3 is 0 Å². The molecule has 0 aliphatic carbocycles. The summed E-state index contributed by atoms with van der Waals surface area (Å²) >= 11 is 1.90. The molecule has 0 aromatic rings. The average Bonchev–Trinajstić information content (AvgIpc) is 2.05. The highest BCUT2D eigenvalue weighted by Crippen LogP contribution is 2.20. The Morgan fingerprint density at radius 2 is 1.60 bits per heavy atom. The second-order valence-electron chi connectivity index (χ2n) is 2.48. The second-order valence-corrected chi connectivity index (χ2v) is 3.67. The Balaban J connectivity index is 2.25. The molecule has 0 atom stereocenters.